The number of imide groups is 1. The van der Waals surface area contributed by atoms with Crippen LogP contribution in [0, 0.1) is 13.8 Å². The molecule has 0 unspecified atom stereocenters. The molecule has 0 aromatic carbocycles. The standard InChI is InChI=1S/C16H17N5O4/c1-10-7-11(2)21(19-10)13-4-3-12(8-18-13)15(23)25-9-14(22)20-6-5-17-16(20)24/h3-4,7-8H,5-6,9H2,1-2H3,(H,17,24). The number of nitrogens with zero attached hydrogens (tertiary/aromatic N) is 4. The highest BCUT2D eigenvalue weighted by molar-refractivity contribution is 5.98. The first-order chi connectivity index (χ1) is 12.0. The van der Waals surface area contributed by atoms with Gasteiger partial charge in [0.2, 0.25) is 0 Å². The molecule has 0 bridgehead atoms. The lowest BCUT2D eigenvalue weighted by atomic mass is 10.3. The molecular weight excluding hydrogens is 326 g/mol. The normalized spacial score (nSPS) is 13.7. The summed E-state index contributed by atoms with van der Waals surface area (Å²) < 4.78 is 6.62. The molecule has 3 amide bonds. The van der Waals surface area contributed by atoms with Crippen molar-refractivity contribution < 1.29 is 19.1 Å². The quantitative estimate of drug-likeness (QED) is 0.815. The fraction of sp³-hybridized carbons (Fsp3) is 0.312. The molecule has 9 nitrogen and oxygen atoms in total. The number of hydrogen-bond donors (Lipinski definition) is 1. The summed E-state index contributed by atoms with van der Waals surface area (Å²) in [5.74, 6) is -0.664. The van der Waals surface area contributed by atoms with Gasteiger partial charge in [0, 0.05) is 25.0 Å². The highest BCUT2D eigenvalue weighted by atomic mass is 16.5. The van der Waals surface area contributed by atoms with E-state index in [1.807, 2.05) is 19.9 Å². The van der Waals surface area contributed by atoms with E-state index in [4.69, 9.17) is 4.74 Å². The zero-order valence-corrected chi connectivity index (χ0v) is 13.9. The number of ether oxygens (including phenoxy) is 1. The molecule has 0 spiro atoms. The van der Waals surface area contributed by atoms with Crippen LogP contribution in [-0.4, -0.2) is 57.3 Å². The third-order valence-electron chi connectivity index (χ3n) is 3.69. The van der Waals surface area contributed by atoms with Crippen molar-refractivity contribution in [2.24, 2.45) is 0 Å². The van der Waals surface area contributed by atoms with Gasteiger partial charge >= 0.3 is 12.0 Å². The summed E-state index contributed by atoms with van der Waals surface area (Å²) in [6.45, 7) is 3.96. The van der Waals surface area contributed by atoms with Gasteiger partial charge in [-0.25, -0.2) is 19.3 Å². The maximum absolute atomic E-state index is 12.0. The Balaban J connectivity index is 1.62. The van der Waals surface area contributed by atoms with Crippen LogP contribution in [0.1, 0.15) is 21.7 Å². The smallest absolute Gasteiger partial charge is 0.340 e. The van der Waals surface area contributed by atoms with Gasteiger partial charge < -0.3 is 10.1 Å². The molecule has 130 valence electrons. The molecule has 0 aliphatic carbocycles. The van der Waals surface area contributed by atoms with Crippen LogP contribution < -0.4 is 5.32 Å². The van der Waals surface area contributed by atoms with Crippen LogP contribution in [0.25, 0.3) is 5.82 Å². The lowest BCUT2D eigenvalue weighted by Gasteiger charge is -2.12. The molecule has 25 heavy (non-hydrogen) atoms. The van der Waals surface area contributed by atoms with E-state index >= 15 is 0 Å². The Morgan fingerprint density at radius 1 is 1.32 bits per heavy atom. The number of pyridine rings is 1. The second-order valence-corrected chi connectivity index (χ2v) is 5.60. The average Bonchev–Trinajstić information content (AvgIpc) is 3.17. The van der Waals surface area contributed by atoms with Crippen LogP contribution >= 0.6 is 0 Å². The second-order valence-electron chi connectivity index (χ2n) is 5.60. The number of nitrogens with one attached hydrogen (secondary N) is 1. The monoisotopic (exact) mass is 343 g/mol. The van der Waals surface area contributed by atoms with Crippen LogP contribution in [0.2, 0.25) is 0 Å². The van der Waals surface area contributed by atoms with Gasteiger partial charge in [0.15, 0.2) is 12.4 Å². The van der Waals surface area contributed by atoms with Crippen molar-refractivity contribution in [1.29, 1.82) is 0 Å². The highest BCUT2D eigenvalue weighted by Crippen LogP contribution is 2.11. The summed E-state index contributed by atoms with van der Waals surface area (Å²) in [4.78, 5) is 40.4. The number of amides is 3. The predicted molar refractivity (Wildman–Crippen MR) is 86.2 cm³/mol. The van der Waals surface area contributed by atoms with Crippen LogP contribution in [0.4, 0.5) is 4.79 Å². The molecule has 9 heteroatoms. The zero-order chi connectivity index (χ0) is 18.0. The Morgan fingerprint density at radius 2 is 2.12 bits per heavy atom. The second kappa shape index (κ2) is 6.71. The van der Waals surface area contributed by atoms with E-state index in [9.17, 15) is 14.4 Å². The summed E-state index contributed by atoms with van der Waals surface area (Å²) in [6.07, 6.45) is 1.36. The first-order valence-electron chi connectivity index (χ1n) is 7.71. The first-order valence-corrected chi connectivity index (χ1v) is 7.71. The van der Waals surface area contributed by atoms with E-state index in [0.717, 1.165) is 16.3 Å². The predicted octanol–water partition coefficient (Wildman–Crippen LogP) is 0.593. The van der Waals surface area contributed by atoms with Crippen molar-refractivity contribution in [3.8, 4) is 5.82 Å². The summed E-state index contributed by atoms with van der Waals surface area (Å²) in [5, 5.41) is 6.82. The Morgan fingerprint density at radius 3 is 2.68 bits per heavy atom. The Kier molecular flexibility index (Phi) is 4.46. The van der Waals surface area contributed by atoms with E-state index in [0.29, 0.717) is 12.4 Å². The van der Waals surface area contributed by atoms with Crippen LogP contribution in [0.15, 0.2) is 24.4 Å². The molecule has 1 saturated heterocycles. The minimum atomic E-state index is -0.680. The Labute approximate surface area is 143 Å². The van der Waals surface area contributed by atoms with Crippen molar-refractivity contribution in [2.45, 2.75) is 13.8 Å². The van der Waals surface area contributed by atoms with Gasteiger partial charge in [0.05, 0.1) is 11.3 Å². The SMILES string of the molecule is Cc1cc(C)n(-c2ccc(C(=O)OCC(=O)N3CCNC3=O)cn2)n1. The number of carbonyl (C=O) groups is 3. The molecule has 0 radical (unpaired) electrons. The van der Waals surface area contributed by atoms with Crippen LogP contribution in [-0.2, 0) is 9.53 Å². The minimum absolute atomic E-state index is 0.212. The highest BCUT2D eigenvalue weighted by Gasteiger charge is 2.26. The molecule has 1 aliphatic heterocycles. The minimum Gasteiger partial charge on any atom is -0.452 e. The molecule has 0 saturated carbocycles. The largest absolute Gasteiger partial charge is 0.452 e. The lowest BCUT2D eigenvalue weighted by molar-refractivity contribution is -0.130. The van der Waals surface area contributed by atoms with Crippen LogP contribution in [0.5, 0.6) is 0 Å². The Bertz CT molecular complexity index is 828. The van der Waals surface area contributed by atoms with Gasteiger partial charge in [0.1, 0.15) is 0 Å². The van der Waals surface area contributed by atoms with Crippen molar-refractivity contribution >= 4 is 17.9 Å². The van der Waals surface area contributed by atoms with Gasteiger partial charge in [-0.15, -0.1) is 0 Å². The van der Waals surface area contributed by atoms with E-state index < -0.39 is 24.5 Å². The van der Waals surface area contributed by atoms with E-state index in [1.54, 1.807) is 16.8 Å². The van der Waals surface area contributed by atoms with Crippen molar-refractivity contribution in [1.82, 2.24) is 25.0 Å². The maximum atomic E-state index is 12.0. The van der Waals surface area contributed by atoms with Crippen molar-refractivity contribution in [2.75, 3.05) is 19.7 Å². The van der Waals surface area contributed by atoms with Crippen LogP contribution in [0.3, 0.4) is 0 Å². The summed E-state index contributed by atoms with van der Waals surface area (Å²) in [5.41, 5.74) is 2.01. The lowest BCUT2D eigenvalue weighted by Crippen LogP contribution is -2.37. The number of aromatic nitrogens is 3. The van der Waals surface area contributed by atoms with Gasteiger partial charge in [0.25, 0.3) is 5.91 Å². The molecule has 3 heterocycles. The number of urea groups is 1. The molecule has 0 atom stereocenters. The third-order valence-corrected chi connectivity index (χ3v) is 3.69. The summed E-state index contributed by atoms with van der Waals surface area (Å²) in [6, 6.07) is 4.64. The van der Waals surface area contributed by atoms with E-state index in [2.05, 4.69) is 15.4 Å². The van der Waals surface area contributed by atoms with E-state index in [-0.39, 0.29) is 12.1 Å². The zero-order valence-electron chi connectivity index (χ0n) is 13.9. The third kappa shape index (κ3) is 3.49. The Hall–Kier alpha value is -3.23. The number of hydrogen-bond acceptors (Lipinski definition) is 6. The maximum Gasteiger partial charge on any atom is 0.340 e. The average molecular weight is 343 g/mol. The molecule has 2 aromatic rings. The summed E-state index contributed by atoms with van der Waals surface area (Å²) in [7, 11) is 0. The van der Waals surface area contributed by atoms with Gasteiger partial charge in [-0.05, 0) is 32.0 Å². The van der Waals surface area contributed by atoms with Gasteiger partial charge in [-0.3, -0.25) is 9.69 Å². The van der Waals surface area contributed by atoms with Crippen molar-refractivity contribution in [3.63, 3.8) is 0 Å². The number of esters is 1. The number of aryl methyl sites for hydroxylation is 2. The number of carbonyl (C=O) groups excluding carboxylic acids is 3. The first kappa shape index (κ1) is 16.6. The molecule has 3 rings (SSSR count). The summed E-state index contributed by atoms with van der Waals surface area (Å²) >= 11 is 0. The molecule has 1 aliphatic rings. The fourth-order valence-electron chi connectivity index (χ4n) is 2.49. The van der Waals surface area contributed by atoms with Gasteiger partial charge in [-0.1, -0.05) is 0 Å². The molecule has 1 N–H and O–H groups in total. The van der Waals surface area contributed by atoms with Crippen molar-refractivity contribution in [3.05, 3.63) is 41.3 Å². The fourth-order valence-corrected chi connectivity index (χ4v) is 2.49. The van der Waals surface area contributed by atoms with E-state index in [1.165, 1.54) is 6.20 Å². The molecule has 2 aromatic heterocycles. The van der Waals surface area contributed by atoms with Gasteiger partial charge in [-0.2, -0.15) is 5.10 Å². The molecular formula is C16H17N5O4. The molecule has 1 fully saturated rings. The number of rotatable bonds is 4. The topological polar surface area (TPSA) is 106 Å².